The fraction of sp³-hybridized carbons (Fsp3) is 0.273. The Labute approximate surface area is 174 Å². The summed E-state index contributed by atoms with van der Waals surface area (Å²) in [6.07, 6.45) is 0. The van der Waals surface area contributed by atoms with E-state index < -0.39 is 0 Å². The lowest BCUT2D eigenvalue weighted by atomic mass is 10.1. The molecule has 5 nitrogen and oxygen atoms in total. The quantitative estimate of drug-likeness (QED) is 0.462. The van der Waals surface area contributed by atoms with Crippen molar-refractivity contribution in [1.82, 2.24) is 9.97 Å². The predicted octanol–water partition coefficient (Wildman–Crippen LogP) is 4.95. The summed E-state index contributed by atoms with van der Waals surface area (Å²) < 4.78 is 1.05. The Hall–Kier alpha value is -2.44. The summed E-state index contributed by atoms with van der Waals surface area (Å²) in [6, 6.07) is 20.0. The summed E-state index contributed by atoms with van der Waals surface area (Å²) in [7, 11) is 0. The molecule has 146 valence electrons. The Bertz CT molecular complexity index is 902. The third-order valence-corrected chi connectivity index (χ3v) is 4.97. The highest BCUT2D eigenvalue weighted by Gasteiger charge is 2.15. The van der Waals surface area contributed by atoms with Gasteiger partial charge in [-0.1, -0.05) is 72.2 Å². The number of hydrogen-bond donors (Lipinski definition) is 3. The zero-order valence-electron chi connectivity index (χ0n) is 16.1. The third-order valence-electron chi connectivity index (χ3n) is 4.47. The Morgan fingerprint density at radius 2 is 1.79 bits per heavy atom. The molecule has 6 heteroatoms. The normalized spacial score (nSPS) is 12.0. The summed E-state index contributed by atoms with van der Waals surface area (Å²) in [5.74, 6) is 1.50. The van der Waals surface area contributed by atoms with Crippen molar-refractivity contribution in [3.63, 3.8) is 0 Å². The molecule has 1 aromatic heterocycles. The van der Waals surface area contributed by atoms with Gasteiger partial charge in [0.1, 0.15) is 5.82 Å². The largest absolute Gasteiger partial charge is 0.394 e. The highest BCUT2D eigenvalue weighted by atomic mass is 79.9. The van der Waals surface area contributed by atoms with Crippen LogP contribution in [0, 0.1) is 5.92 Å². The van der Waals surface area contributed by atoms with Crippen LogP contribution in [0.1, 0.15) is 19.4 Å². The van der Waals surface area contributed by atoms with Crippen LogP contribution in [-0.2, 0) is 6.54 Å². The molecular weight excluding hydrogens is 416 g/mol. The maximum Gasteiger partial charge on any atom is 0.225 e. The number of aliphatic hydroxyl groups is 1. The predicted molar refractivity (Wildman–Crippen MR) is 118 cm³/mol. The Morgan fingerprint density at radius 1 is 1.00 bits per heavy atom. The van der Waals surface area contributed by atoms with E-state index in [1.54, 1.807) is 0 Å². The fourth-order valence-corrected chi connectivity index (χ4v) is 3.23. The second kappa shape index (κ2) is 9.66. The molecule has 0 bridgehead atoms. The van der Waals surface area contributed by atoms with Crippen LogP contribution in [0.2, 0.25) is 0 Å². The maximum atomic E-state index is 9.65. The van der Waals surface area contributed by atoms with Crippen molar-refractivity contribution in [1.29, 1.82) is 0 Å². The molecule has 3 N–H and O–H groups in total. The minimum Gasteiger partial charge on any atom is -0.394 e. The van der Waals surface area contributed by atoms with Crippen molar-refractivity contribution >= 4 is 27.7 Å². The van der Waals surface area contributed by atoms with Crippen molar-refractivity contribution in [2.45, 2.75) is 26.4 Å². The zero-order chi connectivity index (χ0) is 19.9. The van der Waals surface area contributed by atoms with Crippen molar-refractivity contribution in [3.05, 3.63) is 70.7 Å². The highest BCUT2D eigenvalue weighted by Crippen LogP contribution is 2.23. The van der Waals surface area contributed by atoms with Gasteiger partial charge in [0, 0.05) is 22.6 Å². The highest BCUT2D eigenvalue weighted by molar-refractivity contribution is 9.10. The second-order valence-corrected chi connectivity index (χ2v) is 7.90. The van der Waals surface area contributed by atoms with E-state index in [2.05, 4.69) is 62.5 Å². The van der Waals surface area contributed by atoms with E-state index in [0.29, 0.717) is 12.5 Å². The first-order valence-electron chi connectivity index (χ1n) is 9.35. The van der Waals surface area contributed by atoms with Gasteiger partial charge in [-0.3, -0.25) is 0 Å². The molecule has 0 aliphatic rings. The minimum absolute atomic E-state index is 0.0252. The van der Waals surface area contributed by atoms with Gasteiger partial charge in [0.2, 0.25) is 5.95 Å². The van der Waals surface area contributed by atoms with Gasteiger partial charge in [-0.05, 0) is 23.6 Å². The third kappa shape index (κ3) is 5.53. The van der Waals surface area contributed by atoms with Gasteiger partial charge < -0.3 is 15.7 Å². The van der Waals surface area contributed by atoms with E-state index in [-0.39, 0.29) is 18.6 Å². The Balaban J connectivity index is 1.88. The van der Waals surface area contributed by atoms with Crippen LogP contribution in [0.15, 0.2) is 65.1 Å². The molecule has 1 heterocycles. The molecule has 0 aliphatic heterocycles. The van der Waals surface area contributed by atoms with E-state index >= 15 is 0 Å². The molecule has 3 rings (SSSR count). The molecule has 0 radical (unpaired) electrons. The zero-order valence-corrected chi connectivity index (χ0v) is 17.6. The number of rotatable bonds is 8. The van der Waals surface area contributed by atoms with Crippen LogP contribution in [-0.4, -0.2) is 27.7 Å². The van der Waals surface area contributed by atoms with E-state index in [4.69, 9.17) is 0 Å². The number of halogens is 1. The van der Waals surface area contributed by atoms with Crippen LogP contribution in [0.5, 0.6) is 0 Å². The Morgan fingerprint density at radius 3 is 2.46 bits per heavy atom. The number of hydrogen-bond acceptors (Lipinski definition) is 5. The first-order valence-corrected chi connectivity index (χ1v) is 10.1. The van der Waals surface area contributed by atoms with Gasteiger partial charge in [-0.15, -0.1) is 0 Å². The van der Waals surface area contributed by atoms with Gasteiger partial charge >= 0.3 is 0 Å². The molecule has 28 heavy (non-hydrogen) atoms. The SMILES string of the molecule is CC(C)[C@H](CO)Nc1nc(NCc2cccc(Br)c2)cc(-c2ccccc2)n1. The lowest BCUT2D eigenvalue weighted by Gasteiger charge is -2.20. The second-order valence-electron chi connectivity index (χ2n) is 6.99. The van der Waals surface area contributed by atoms with Crippen LogP contribution in [0.4, 0.5) is 11.8 Å². The number of aliphatic hydroxyl groups excluding tert-OH is 1. The molecule has 0 saturated heterocycles. The summed E-state index contributed by atoms with van der Waals surface area (Å²) in [4.78, 5) is 9.27. The summed E-state index contributed by atoms with van der Waals surface area (Å²) in [5, 5.41) is 16.3. The Kier molecular flexibility index (Phi) is 7.01. The summed E-state index contributed by atoms with van der Waals surface area (Å²) in [5.41, 5.74) is 3.00. The monoisotopic (exact) mass is 440 g/mol. The topological polar surface area (TPSA) is 70.1 Å². The van der Waals surface area contributed by atoms with Gasteiger partial charge in [0.25, 0.3) is 0 Å². The molecule has 0 saturated carbocycles. The minimum atomic E-state index is -0.107. The van der Waals surface area contributed by atoms with Crippen LogP contribution < -0.4 is 10.6 Å². The molecule has 0 fully saturated rings. The lowest BCUT2D eigenvalue weighted by Crippen LogP contribution is -2.30. The van der Waals surface area contributed by atoms with E-state index in [1.165, 1.54) is 0 Å². The number of nitrogens with one attached hydrogen (secondary N) is 2. The standard InChI is InChI=1S/C22H25BrN4O/c1-15(2)20(14-28)26-22-25-19(17-8-4-3-5-9-17)12-21(27-22)24-13-16-7-6-10-18(23)11-16/h3-12,15,20,28H,13-14H2,1-2H3,(H2,24,25,26,27)/t20-/m0/s1. The lowest BCUT2D eigenvalue weighted by molar-refractivity contribution is 0.248. The molecule has 1 atom stereocenters. The van der Waals surface area contributed by atoms with Gasteiger partial charge in [-0.25, -0.2) is 4.98 Å². The van der Waals surface area contributed by atoms with E-state index in [9.17, 15) is 5.11 Å². The van der Waals surface area contributed by atoms with Crippen LogP contribution >= 0.6 is 15.9 Å². The molecule has 3 aromatic rings. The smallest absolute Gasteiger partial charge is 0.225 e. The average molecular weight is 441 g/mol. The van der Waals surface area contributed by atoms with Crippen LogP contribution in [0.25, 0.3) is 11.3 Å². The molecule has 0 spiro atoms. The fourth-order valence-electron chi connectivity index (χ4n) is 2.79. The average Bonchev–Trinajstić information content (AvgIpc) is 2.71. The number of anilines is 2. The van der Waals surface area contributed by atoms with Crippen LogP contribution in [0.3, 0.4) is 0 Å². The van der Waals surface area contributed by atoms with E-state index in [0.717, 1.165) is 27.1 Å². The summed E-state index contributed by atoms with van der Waals surface area (Å²) in [6.45, 7) is 4.79. The number of nitrogens with zero attached hydrogens (tertiary/aromatic N) is 2. The first-order chi connectivity index (χ1) is 13.5. The maximum absolute atomic E-state index is 9.65. The summed E-state index contributed by atoms with van der Waals surface area (Å²) >= 11 is 3.50. The van der Waals surface area contributed by atoms with Crippen molar-refractivity contribution < 1.29 is 5.11 Å². The molecular formula is C22H25BrN4O. The molecule has 2 aromatic carbocycles. The first kappa shape index (κ1) is 20.3. The van der Waals surface area contributed by atoms with Crippen molar-refractivity contribution in [2.24, 2.45) is 5.92 Å². The number of benzene rings is 2. The molecule has 0 amide bonds. The van der Waals surface area contributed by atoms with Gasteiger partial charge in [-0.2, -0.15) is 4.98 Å². The van der Waals surface area contributed by atoms with E-state index in [1.807, 2.05) is 48.5 Å². The molecule has 0 aliphatic carbocycles. The van der Waals surface area contributed by atoms with Crippen molar-refractivity contribution in [3.8, 4) is 11.3 Å². The van der Waals surface area contributed by atoms with Gasteiger partial charge in [0.15, 0.2) is 0 Å². The van der Waals surface area contributed by atoms with Crippen molar-refractivity contribution in [2.75, 3.05) is 17.2 Å². The number of aromatic nitrogens is 2. The molecule has 0 unspecified atom stereocenters. The van der Waals surface area contributed by atoms with Gasteiger partial charge in [0.05, 0.1) is 18.3 Å².